The second-order valence-electron chi connectivity index (χ2n) is 11.0. The van der Waals surface area contributed by atoms with E-state index in [1.165, 1.54) is 45.0 Å². The van der Waals surface area contributed by atoms with Crippen molar-refractivity contribution in [1.29, 1.82) is 0 Å². The SMILES string of the molecule is C=C(O/N=C(\C)c1ccc(CN2C(=O)C(N)CC(F)(F)c3cc(F)c(-c4nnc(C(C)(C)P(C)(=O)O)o4)cc32)cc1)C(F)(F)F. The number of hydrogen-bond acceptors (Lipinski definition) is 8. The minimum Gasteiger partial charge on any atom is -0.419 e. The summed E-state index contributed by atoms with van der Waals surface area (Å²) < 4.78 is 102. The van der Waals surface area contributed by atoms with Crippen LogP contribution in [0.5, 0.6) is 0 Å². The lowest BCUT2D eigenvalue weighted by Gasteiger charge is -2.25. The highest BCUT2D eigenvalue weighted by molar-refractivity contribution is 7.58. The van der Waals surface area contributed by atoms with Gasteiger partial charge in [-0.3, -0.25) is 9.36 Å². The van der Waals surface area contributed by atoms with Crippen LogP contribution >= 0.6 is 7.37 Å². The van der Waals surface area contributed by atoms with Crippen LogP contribution in [0.4, 0.5) is 32.0 Å². The van der Waals surface area contributed by atoms with E-state index in [-0.39, 0.29) is 18.1 Å². The minimum atomic E-state index is -4.80. The van der Waals surface area contributed by atoms with Crippen molar-refractivity contribution < 1.29 is 49.9 Å². The molecule has 0 radical (unpaired) electrons. The average Bonchev–Trinajstić information content (AvgIpc) is 3.42. The third kappa shape index (κ3) is 6.82. The highest BCUT2D eigenvalue weighted by Crippen LogP contribution is 2.56. The van der Waals surface area contributed by atoms with Gasteiger partial charge in [0, 0.05) is 18.6 Å². The molecule has 45 heavy (non-hydrogen) atoms. The molecule has 2 atom stereocenters. The highest BCUT2D eigenvalue weighted by Gasteiger charge is 2.46. The van der Waals surface area contributed by atoms with Crippen LogP contribution in [-0.2, 0) is 31.8 Å². The lowest BCUT2D eigenvalue weighted by Crippen LogP contribution is -2.43. The van der Waals surface area contributed by atoms with E-state index >= 15 is 13.2 Å². The molecule has 4 rings (SSSR count). The highest BCUT2D eigenvalue weighted by atomic mass is 31.2. The Labute approximate surface area is 253 Å². The maximum Gasteiger partial charge on any atom is 0.451 e. The number of benzene rings is 2. The van der Waals surface area contributed by atoms with Gasteiger partial charge < -0.3 is 24.8 Å². The maximum absolute atomic E-state index is 15.3. The van der Waals surface area contributed by atoms with Crippen LogP contribution in [0, 0.1) is 5.82 Å². The van der Waals surface area contributed by atoms with Crippen LogP contribution in [-0.4, -0.2) is 45.6 Å². The summed E-state index contributed by atoms with van der Waals surface area (Å²) in [5.41, 5.74) is 4.98. The molecule has 0 spiro atoms. The molecule has 0 bridgehead atoms. The molecule has 2 unspecified atom stereocenters. The largest absolute Gasteiger partial charge is 0.451 e. The lowest BCUT2D eigenvalue weighted by atomic mass is 9.99. The van der Waals surface area contributed by atoms with E-state index in [0.717, 1.165) is 17.6 Å². The van der Waals surface area contributed by atoms with E-state index in [4.69, 9.17) is 10.2 Å². The number of aromatic nitrogens is 2. The fraction of sp³-hybridized carbons (Fsp3) is 0.357. The zero-order chi connectivity index (χ0) is 33.7. The molecule has 1 aliphatic rings. The van der Waals surface area contributed by atoms with Gasteiger partial charge in [-0.15, -0.1) is 10.2 Å². The number of nitrogens with two attached hydrogens (primary N) is 1. The van der Waals surface area contributed by atoms with Crippen molar-refractivity contribution in [1.82, 2.24) is 10.2 Å². The molecule has 3 aromatic rings. The number of rotatable bonds is 8. The zero-order valence-corrected chi connectivity index (χ0v) is 25.2. The van der Waals surface area contributed by atoms with Crippen LogP contribution in [0.25, 0.3) is 11.5 Å². The van der Waals surface area contributed by atoms with E-state index in [1.54, 1.807) is 0 Å². The smallest absolute Gasteiger partial charge is 0.419 e. The number of alkyl halides is 5. The second kappa shape index (κ2) is 11.7. The average molecular weight is 660 g/mol. The molecule has 1 amide bonds. The Bertz CT molecular complexity index is 1720. The molecule has 0 fully saturated rings. The third-order valence-electron chi connectivity index (χ3n) is 7.37. The molecule has 17 heteroatoms. The number of anilines is 1. The van der Waals surface area contributed by atoms with Gasteiger partial charge in [0.2, 0.25) is 24.9 Å². The van der Waals surface area contributed by atoms with Gasteiger partial charge in [-0.05, 0) is 50.6 Å². The summed E-state index contributed by atoms with van der Waals surface area (Å²) in [5.74, 6) is -8.09. The van der Waals surface area contributed by atoms with Gasteiger partial charge in [-0.2, -0.15) is 13.2 Å². The van der Waals surface area contributed by atoms with Crippen LogP contribution in [0.3, 0.4) is 0 Å². The number of halogens is 6. The molecule has 0 saturated carbocycles. The van der Waals surface area contributed by atoms with Crippen LogP contribution in [0.15, 0.2) is 58.3 Å². The summed E-state index contributed by atoms with van der Waals surface area (Å²) >= 11 is 0. The summed E-state index contributed by atoms with van der Waals surface area (Å²) in [6.45, 7) is 7.64. The first-order valence-electron chi connectivity index (χ1n) is 13.1. The molecule has 1 aliphatic heterocycles. The van der Waals surface area contributed by atoms with Crippen LogP contribution in [0.1, 0.15) is 49.8 Å². The van der Waals surface area contributed by atoms with E-state index in [1.807, 2.05) is 0 Å². The number of hydrogen-bond donors (Lipinski definition) is 2. The van der Waals surface area contributed by atoms with Gasteiger partial charge in [0.25, 0.3) is 11.8 Å². The first kappa shape index (κ1) is 33.9. The summed E-state index contributed by atoms with van der Waals surface area (Å²) in [6.07, 6.45) is -5.90. The summed E-state index contributed by atoms with van der Waals surface area (Å²) in [4.78, 5) is 28.7. The molecule has 0 saturated heterocycles. The first-order valence-corrected chi connectivity index (χ1v) is 15.2. The quantitative estimate of drug-likeness (QED) is 0.0959. The summed E-state index contributed by atoms with van der Waals surface area (Å²) in [7, 11) is -3.83. The number of amides is 1. The fourth-order valence-corrected chi connectivity index (χ4v) is 4.66. The third-order valence-corrected chi connectivity index (χ3v) is 9.63. The van der Waals surface area contributed by atoms with Crippen molar-refractivity contribution in [2.24, 2.45) is 10.9 Å². The zero-order valence-electron chi connectivity index (χ0n) is 24.3. The topological polar surface area (TPSA) is 144 Å². The predicted molar refractivity (Wildman–Crippen MR) is 151 cm³/mol. The van der Waals surface area contributed by atoms with Gasteiger partial charge in [-0.1, -0.05) is 29.4 Å². The Morgan fingerprint density at radius 2 is 1.87 bits per heavy atom. The normalized spacial score (nSPS) is 18.7. The molecule has 242 valence electrons. The molecule has 3 N–H and O–H groups in total. The van der Waals surface area contributed by atoms with Crippen molar-refractivity contribution in [2.45, 2.75) is 57.0 Å². The molecule has 10 nitrogen and oxygen atoms in total. The van der Waals surface area contributed by atoms with Crippen molar-refractivity contribution in [2.75, 3.05) is 11.6 Å². The van der Waals surface area contributed by atoms with Gasteiger partial charge in [0.05, 0.1) is 29.5 Å². The van der Waals surface area contributed by atoms with Gasteiger partial charge in [0.15, 0.2) is 0 Å². The second-order valence-corrected chi connectivity index (χ2v) is 13.9. The number of oxime groups is 1. The number of nitrogens with zero attached hydrogens (tertiary/aromatic N) is 4. The van der Waals surface area contributed by atoms with E-state index in [0.29, 0.717) is 17.2 Å². The molecule has 2 aromatic carbocycles. The Balaban J connectivity index is 1.73. The standard InChI is InChI=1S/C28H28F6N5O5P/c1-14(38-44-15(2)28(32,33)34)17-8-6-16(7-9-17)13-39-22-10-18(23-36-37-25(43-23)26(3,4)45(5,41)42)20(29)11-19(22)27(30,31)12-21(35)24(39)40/h6-11,21H,2,12-13,35H2,1,3-5H3,(H,41,42)/b38-14+. The Morgan fingerprint density at radius 3 is 2.44 bits per heavy atom. The summed E-state index contributed by atoms with van der Waals surface area (Å²) in [6, 6.07) is 5.69. The predicted octanol–water partition coefficient (Wildman–Crippen LogP) is 6.18. The van der Waals surface area contributed by atoms with Gasteiger partial charge in [-0.25, -0.2) is 13.2 Å². The summed E-state index contributed by atoms with van der Waals surface area (Å²) in [5, 5.41) is 9.40. The van der Waals surface area contributed by atoms with E-state index < -0.39 is 77.3 Å². The van der Waals surface area contributed by atoms with Gasteiger partial charge in [0.1, 0.15) is 11.0 Å². The Hall–Kier alpha value is -4.01. The van der Waals surface area contributed by atoms with Gasteiger partial charge >= 0.3 is 6.18 Å². The number of carbonyl (C=O) groups excluding carboxylic acids is 1. The molecule has 0 aliphatic carbocycles. The Kier molecular flexibility index (Phi) is 8.83. The fourth-order valence-electron chi connectivity index (χ4n) is 4.22. The molecule has 1 aromatic heterocycles. The number of fused-ring (bicyclic) bond motifs is 1. The van der Waals surface area contributed by atoms with E-state index in [2.05, 4.69) is 26.8 Å². The minimum absolute atomic E-state index is 0.0626. The lowest BCUT2D eigenvalue weighted by molar-refractivity contribution is -0.130. The van der Waals surface area contributed by atoms with Crippen LogP contribution < -0.4 is 10.6 Å². The number of allylic oxidation sites excluding steroid dienone is 1. The van der Waals surface area contributed by atoms with Crippen molar-refractivity contribution in [3.8, 4) is 11.5 Å². The first-order chi connectivity index (χ1) is 20.6. The maximum atomic E-state index is 15.3. The van der Waals surface area contributed by atoms with Crippen molar-refractivity contribution in [3.63, 3.8) is 0 Å². The molecular weight excluding hydrogens is 631 g/mol. The van der Waals surface area contributed by atoms with Crippen LogP contribution in [0.2, 0.25) is 0 Å². The van der Waals surface area contributed by atoms with Crippen molar-refractivity contribution in [3.05, 3.63) is 77.1 Å². The monoisotopic (exact) mass is 659 g/mol. The van der Waals surface area contributed by atoms with E-state index in [9.17, 15) is 27.4 Å². The molecule has 2 heterocycles. The number of carbonyl (C=O) groups is 1. The van der Waals surface area contributed by atoms with Crippen molar-refractivity contribution >= 4 is 24.7 Å². The Morgan fingerprint density at radius 1 is 1.24 bits per heavy atom. The molecular formula is C28H28F6N5O5P.